The fourth-order valence-electron chi connectivity index (χ4n) is 4.77. The monoisotopic (exact) mass is 320 g/mol. The van der Waals surface area contributed by atoms with Crippen LogP contribution in [0.25, 0.3) is 0 Å². The van der Waals surface area contributed by atoms with Gasteiger partial charge in [-0.2, -0.15) is 0 Å². The van der Waals surface area contributed by atoms with Crippen molar-refractivity contribution in [2.24, 2.45) is 29.4 Å². The molecular formula is C18H25ClN2O. The molecule has 4 heteroatoms. The Morgan fingerprint density at radius 2 is 1.82 bits per heavy atom. The minimum Gasteiger partial charge on any atom is -0.341 e. The van der Waals surface area contributed by atoms with Gasteiger partial charge in [-0.15, -0.1) is 12.4 Å². The molecule has 22 heavy (non-hydrogen) atoms. The summed E-state index contributed by atoms with van der Waals surface area (Å²) in [4.78, 5) is 14.9. The highest BCUT2D eigenvalue weighted by atomic mass is 35.5. The first kappa shape index (κ1) is 15.8. The zero-order valence-corrected chi connectivity index (χ0v) is 13.7. The van der Waals surface area contributed by atoms with Gasteiger partial charge in [0.1, 0.15) is 0 Å². The van der Waals surface area contributed by atoms with Crippen LogP contribution in [-0.2, 0) is 4.79 Å². The molecule has 0 radical (unpaired) electrons. The van der Waals surface area contributed by atoms with Crippen molar-refractivity contribution < 1.29 is 4.79 Å². The van der Waals surface area contributed by atoms with E-state index in [1.807, 2.05) is 6.07 Å². The van der Waals surface area contributed by atoms with Gasteiger partial charge in [0, 0.05) is 24.9 Å². The molecule has 1 saturated heterocycles. The average Bonchev–Trinajstić information content (AvgIpc) is 2.92. The van der Waals surface area contributed by atoms with Gasteiger partial charge in [0.05, 0.1) is 0 Å². The maximum atomic E-state index is 12.7. The molecule has 1 amide bonds. The van der Waals surface area contributed by atoms with Crippen LogP contribution in [0.5, 0.6) is 0 Å². The third-order valence-corrected chi connectivity index (χ3v) is 5.97. The summed E-state index contributed by atoms with van der Waals surface area (Å²) in [6.07, 6.45) is 3.88. The van der Waals surface area contributed by atoms with Crippen molar-refractivity contribution in [2.75, 3.05) is 19.6 Å². The number of nitrogens with zero attached hydrogens (tertiary/aromatic N) is 1. The van der Waals surface area contributed by atoms with Gasteiger partial charge in [-0.3, -0.25) is 4.79 Å². The number of hydrogen-bond acceptors (Lipinski definition) is 2. The maximum Gasteiger partial charge on any atom is 0.226 e. The number of hydrogen-bond donors (Lipinski definition) is 1. The largest absolute Gasteiger partial charge is 0.341 e. The van der Waals surface area contributed by atoms with Crippen LogP contribution >= 0.6 is 12.4 Å². The summed E-state index contributed by atoms with van der Waals surface area (Å²) in [5, 5.41) is 0. The molecule has 3 aliphatic rings. The number of rotatable bonds is 3. The van der Waals surface area contributed by atoms with Gasteiger partial charge in [0.2, 0.25) is 5.91 Å². The van der Waals surface area contributed by atoms with Crippen LogP contribution in [0.4, 0.5) is 0 Å². The smallest absolute Gasteiger partial charge is 0.226 e. The number of fused-ring (bicyclic) bond motifs is 1. The lowest BCUT2D eigenvalue weighted by Gasteiger charge is -2.17. The van der Waals surface area contributed by atoms with Crippen molar-refractivity contribution in [1.82, 2.24) is 4.90 Å². The van der Waals surface area contributed by atoms with Crippen molar-refractivity contribution in [1.29, 1.82) is 0 Å². The Kier molecular flexibility index (Phi) is 4.47. The fraction of sp³-hybridized carbons (Fsp3) is 0.611. The van der Waals surface area contributed by atoms with Gasteiger partial charge in [-0.25, -0.2) is 0 Å². The van der Waals surface area contributed by atoms with Crippen LogP contribution in [0.3, 0.4) is 0 Å². The molecule has 1 heterocycles. The highest BCUT2D eigenvalue weighted by Gasteiger charge is 2.58. The Labute approximate surface area is 138 Å². The third-order valence-electron chi connectivity index (χ3n) is 5.97. The molecule has 3 nitrogen and oxygen atoms in total. The van der Waals surface area contributed by atoms with Crippen molar-refractivity contribution >= 4 is 18.3 Å². The summed E-state index contributed by atoms with van der Waals surface area (Å²) in [5.74, 6) is 3.02. The number of carbonyl (C=O) groups is 1. The summed E-state index contributed by atoms with van der Waals surface area (Å²) in [7, 11) is 0. The molecule has 120 valence electrons. The molecule has 1 aromatic rings. The number of carbonyl (C=O) groups excluding carboxylic acids is 1. The molecule has 2 aliphatic carbocycles. The second kappa shape index (κ2) is 6.21. The Bertz CT molecular complexity index is 525. The van der Waals surface area contributed by atoms with Gasteiger partial charge in [-0.1, -0.05) is 36.8 Å². The first-order valence-corrected chi connectivity index (χ1v) is 8.33. The Morgan fingerprint density at radius 1 is 1.14 bits per heavy atom. The molecule has 2 saturated carbocycles. The van der Waals surface area contributed by atoms with E-state index in [-0.39, 0.29) is 12.4 Å². The Balaban J connectivity index is 0.00000144. The van der Waals surface area contributed by atoms with E-state index in [0.717, 1.165) is 13.1 Å². The summed E-state index contributed by atoms with van der Waals surface area (Å²) in [6.45, 7) is 2.38. The normalized spacial score (nSPS) is 35.9. The fourth-order valence-corrected chi connectivity index (χ4v) is 4.77. The van der Waals surface area contributed by atoms with Gasteiger partial charge in [-0.05, 0) is 42.7 Å². The molecule has 3 fully saturated rings. The summed E-state index contributed by atoms with van der Waals surface area (Å²) >= 11 is 0. The molecule has 1 aromatic carbocycles. The highest BCUT2D eigenvalue weighted by molar-refractivity contribution is 5.85. The zero-order chi connectivity index (χ0) is 14.4. The van der Waals surface area contributed by atoms with E-state index in [2.05, 4.69) is 29.2 Å². The molecule has 2 N–H and O–H groups in total. The standard InChI is InChI=1S/C18H24N2O.ClH/c19-9-13-10-20(11-16(13)12-5-2-1-3-6-12)18(21)17-14-7-4-8-15(14)17;/h1-3,5-6,13-17H,4,7-11,19H2;1H/t13-,14?,15?,16+,17?;/m1./s1. The molecule has 0 bridgehead atoms. The molecule has 4 atom stereocenters. The van der Waals surface area contributed by atoms with Gasteiger partial charge < -0.3 is 10.6 Å². The molecular weight excluding hydrogens is 296 g/mol. The van der Waals surface area contributed by atoms with Crippen LogP contribution in [0, 0.1) is 23.7 Å². The maximum absolute atomic E-state index is 12.7. The number of benzene rings is 1. The number of amides is 1. The van der Waals surface area contributed by atoms with Gasteiger partial charge >= 0.3 is 0 Å². The first-order chi connectivity index (χ1) is 10.3. The summed E-state index contributed by atoms with van der Waals surface area (Å²) in [6, 6.07) is 10.6. The zero-order valence-electron chi connectivity index (χ0n) is 12.9. The first-order valence-electron chi connectivity index (χ1n) is 8.33. The van der Waals surface area contributed by atoms with E-state index in [4.69, 9.17) is 5.73 Å². The second-order valence-electron chi connectivity index (χ2n) is 7.04. The van der Waals surface area contributed by atoms with Crippen molar-refractivity contribution in [3.8, 4) is 0 Å². The SMILES string of the molecule is Cl.NC[C@@H]1CN(C(=O)C2C3CCCC32)C[C@H]1c1ccccc1. The second-order valence-corrected chi connectivity index (χ2v) is 7.04. The highest BCUT2D eigenvalue weighted by Crippen LogP contribution is 2.58. The molecule has 2 unspecified atom stereocenters. The Hall–Kier alpha value is -1.06. The molecule has 0 spiro atoms. The van der Waals surface area contributed by atoms with Crippen molar-refractivity contribution in [2.45, 2.75) is 25.2 Å². The quantitative estimate of drug-likeness (QED) is 0.930. The molecule has 1 aliphatic heterocycles. The van der Waals surface area contributed by atoms with E-state index >= 15 is 0 Å². The Morgan fingerprint density at radius 3 is 2.45 bits per heavy atom. The minimum atomic E-state index is 0. The van der Waals surface area contributed by atoms with Crippen LogP contribution < -0.4 is 5.73 Å². The van der Waals surface area contributed by atoms with Gasteiger partial charge in [0.15, 0.2) is 0 Å². The summed E-state index contributed by atoms with van der Waals surface area (Å²) < 4.78 is 0. The van der Waals surface area contributed by atoms with E-state index in [9.17, 15) is 4.79 Å². The number of nitrogens with two attached hydrogens (primary N) is 1. The minimum absolute atomic E-state index is 0. The number of likely N-dealkylation sites (tertiary alicyclic amines) is 1. The lowest BCUT2D eigenvalue weighted by atomic mass is 9.89. The topological polar surface area (TPSA) is 46.3 Å². The predicted octanol–water partition coefficient (Wildman–Crippen LogP) is 2.66. The average molecular weight is 321 g/mol. The van der Waals surface area contributed by atoms with Crippen LogP contribution in [0.2, 0.25) is 0 Å². The molecule has 0 aromatic heterocycles. The molecule has 4 rings (SSSR count). The summed E-state index contributed by atoms with van der Waals surface area (Å²) in [5.41, 5.74) is 7.30. The number of halogens is 1. The predicted molar refractivity (Wildman–Crippen MR) is 89.9 cm³/mol. The lowest BCUT2D eigenvalue weighted by Crippen LogP contribution is -2.32. The van der Waals surface area contributed by atoms with E-state index in [1.54, 1.807) is 0 Å². The van der Waals surface area contributed by atoms with Crippen LogP contribution in [0.1, 0.15) is 30.7 Å². The van der Waals surface area contributed by atoms with Crippen molar-refractivity contribution in [3.63, 3.8) is 0 Å². The van der Waals surface area contributed by atoms with Crippen molar-refractivity contribution in [3.05, 3.63) is 35.9 Å². The third kappa shape index (κ3) is 2.55. The van der Waals surface area contributed by atoms with E-state index in [0.29, 0.717) is 42.0 Å². The van der Waals surface area contributed by atoms with Crippen LogP contribution in [0.15, 0.2) is 30.3 Å². The van der Waals surface area contributed by atoms with Gasteiger partial charge in [0.25, 0.3) is 0 Å². The van der Waals surface area contributed by atoms with E-state index in [1.165, 1.54) is 24.8 Å². The lowest BCUT2D eigenvalue weighted by molar-refractivity contribution is -0.132. The van der Waals surface area contributed by atoms with E-state index < -0.39 is 0 Å². The van der Waals surface area contributed by atoms with Crippen LogP contribution in [-0.4, -0.2) is 30.4 Å².